The van der Waals surface area contributed by atoms with Gasteiger partial charge in [-0.2, -0.15) is 5.10 Å². The number of carbonyl (C=O) groups is 1. The molecule has 0 bridgehead atoms. The summed E-state index contributed by atoms with van der Waals surface area (Å²) < 4.78 is 6.37. The van der Waals surface area contributed by atoms with Crippen molar-refractivity contribution >= 4 is 49.7 Å². The van der Waals surface area contributed by atoms with Gasteiger partial charge in [-0.1, -0.05) is 22.0 Å². The molecule has 0 heterocycles. The van der Waals surface area contributed by atoms with Crippen LogP contribution in [-0.2, 0) is 4.79 Å². The quantitative estimate of drug-likeness (QED) is 0.367. The monoisotopic (exact) mass is 485 g/mol. The second kappa shape index (κ2) is 8.77. The van der Waals surface area contributed by atoms with Crippen LogP contribution in [0.4, 0.5) is 5.69 Å². The SMILES string of the molecule is Cc1ccc(OCC(=O)NN=Cc2cc(Br)cc(Br)c2O)c([N+](=O)[O-])c1. The molecule has 2 rings (SSSR count). The first-order chi connectivity index (χ1) is 12.3. The molecule has 0 aliphatic heterocycles. The Hall–Kier alpha value is -2.46. The zero-order valence-electron chi connectivity index (χ0n) is 13.4. The van der Waals surface area contributed by atoms with Crippen molar-refractivity contribution in [3.8, 4) is 11.5 Å². The molecular weight excluding hydrogens is 474 g/mol. The lowest BCUT2D eigenvalue weighted by Gasteiger charge is -2.06. The molecule has 0 saturated carbocycles. The fourth-order valence-corrected chi connectivity index (χ4v) is 3.18. The second-order valence-electron chi connectivity index (χ2n) is 5.14. The normalized spacial score (nSPS) is 10.7. The number of hydrogen-bond donors (Lipinski definition) is 2. The van der Waals surface area contributed by atoms with Crippen LogP contribution in [0.15, 0.2) is 44.4 Å². The van der Waals surface area contributed by atoms with Gasteiger partial charge in [-0.3, -0.25) is 14.9 Å². The number of ether oxygens (including phenoxy) is 1. The maximum absolute atomic E-state index is 11.8. The Labute approximate surface area is 165 Å². The van der Waals surface area contributed by atoms with Crippen molar-refractivity contribution in [2.24, 2.45) is 5.10 Å². The summed E-state index contributed by atoms with van der Waals surface area (Å²) in [4.78, 5) is 22.2. The van der Waals surface area contributed by atoms with Crippen molar-refractivity contribution in [3.63, 3.8) is 0 Å². The molecule has 1 amide bonds. The third-order valence-electron chi connectivity index (χ3n) is 3.12. The maximum atomic E-state index is 11.8. The van der Waals surface area contributed by atoms with E-state index in [1.54, 1.807) is 25.1 Å². The molecule has 0 aliphatic carbocycles. The minimum atomic E-state index is -0.607. The van der Waals surface area contributed by atoms with Gasteiger partial charge in [0.05, 0.1) is 15.6 Å². The molecule has 0 fully saturated rings. The van der Waals surface area contributed by atoms with Crippen LogP contribution in [0.25, 0.3) is 0 Å². The Balaban J connectivity index is 1.97. The molecule has 10 heteroatoms. The van der Waals surface area contributed by atoms with Gasteiger partial charge in [-0.15, -0.1) is 0 Å². The lowest BCUT2D eigenvalue weighted by atomic mass is 10.2. The molecule has 0 spiro atoms. The lowest BCUT2D eigenvalue weighted by Crippen LogP contribution is -2.24. The van der Waals surface area contributed by atoms with E-state index in [-0.39, 0.29) is 17.2 Å². The molecule has 8 nitrogen and oxygen atoms in total. The number of hydrazone groups is 1. The predicted molar refractivity (Wildman–Crippen MR) is 103 cm³/mol. The number of hydrogen-bond acceptors (Lipinski definition) is 6. The Kier molecular flexibility index (Phi) is 6.70. The van der Waals surface area contributed by atoms with E-state index in [2.05, 4.69) is 42.4 Å². The van der Waals surface area contributed by atoms with Crippen molar-refractivity contribution in [1.82, 2.24) is 5.43 Å². The van der Waals surface area contributed by atoms with Gasteiger partial charge in [0.15, 0.2) is 12.4 Å². The topological polar surface area (TPSA) is 114 Å². The van der Waals surface area contributed by atoms with Gasteiger partial charge in [0.1, 0.15) is 5.75 Å². The van der Waals surface area contributed by atoms with Crippen LogP contribution in [0.2, 0.25) is 0 Å². The molecule has 26 heavy (non-hydrogen) atoms. The number of nitro benzene ring substituents is 1. The average molecular weight is 487 g/mol. The number of phenols is 1. The number of nitro groups is 1. The molecule has 0 saturated heterocycles. The van der Waals surface area contributed by atoms with Gasteiger partial charge in [-0.25, -0.2) is 5.43 Å². The smallest absolute Gasteiger partial charge is 0.311 e. The molecule has 0 radical (unpaired) electrons. The van der Waals surface area contributed by atoms with E-state index in [9.17, 15) is 20.0 Å². The Morgan fingerprint density at radius 1 is 1.38 bits per heavy atom. The van der Waals surface area contributed by atoms with E-state index in [0.29, 0.717) is 20.1 Å². The van der Waals surface area contributed by atoms with Gasteiger partial charge in [0.25, 0.3) is 5.91 Å². The van der Waals surface area contributed by atoms with Crippen molar-refractivity contribution in [2.75, 3.05) is 6.61 Å². The molecule has 2 aromatic rings. The maximum Gasteiger partial charge on any atom is 0.311 e. The third kappa shape index (κ3) is 5.27. The van der Waals surface area contributed by atoms with Crippen LogP contribution in [0.1, 0.15) is 11.1 Å². The zero-order chi connectivity index (χ0) is 19.3. The Morgan fingerprint density at radius 3 is 2.81 bits per heavy atom. The largest absolute Gasteiger partial charge is 0.506 e. The molecule has 2 N–H and O–H groups in total. The molecule has 0 aliphatic rings. The highest BCUT2D eigenvalue weighted by Crippen LogP contribution is 2.30. The standard InChI is InChI=1S/C16H13Br2N3O5/c1-9-2-3-14(13(4-9)21(24)25)26-8-15(22)20-19-7-10-5-11(17)6-12(18)16(10)23/h2-7,23H,8H2,1H3,(H,20,22). The summed E-state index contributed by atoms with van der Waals surface area (Å²) in [5, 5.41) is 24.6. The van der Waals surface area contributed by atoms with E-state index >= 15 is 0 Å². The van der Waals surface area contributed by atoms with Gasteiger partial charge >= 0.3 is 5.69 Å². The number of phenolic OH excluding ortho intramolecular Hbond substituents is 1. The van der Waals surface area contributed by atoms with Crippen molar-refractivity contribution < 1.29 is 19.6 Å². The second-order valence-corrected chi connectivity index (χ2v) is 6.91. The summed E-state index contributed by atoms with van der Waals surface area (Å²) in [6.45, 7) is 1.27. The van der Waals surface area contributed by atoms with E-state index in [1.165, 1.54) is 18.3 Å². The number of benzene rings is 2. The summed E-state index contributed by atoms with van der Waals surface area (Å²) in [7, 11) is 0. The first kappa shape index (κ1) is 19.9. The number of rotatable bonds is 6. The van der Waals surface area contributed by atoms with E-state index < -0.39 is 17.4 Å². The molecular formula is C16H13Br2N3O5. The highest BCUT2D eigenvalue weighted by Gasteiger charge is 2.16. The number of halogens is 2. The predicted octanol–water partition coefficient (Wildman–Crippen LogP) is 3.66. The Bertz CT molecular complexity index is 886. The summed E-state index contributed by atoms with van der Waals surface area (Å²) >= 11 is 6.46. The number of amides is 1. The number of aromatic hydroxyl groups is 1. The molecule has 0 unspecified atom stereocenters. The first-order valence-corrected chi connectivity index (χ1v) is 8.74. The highest BCUT2D eigenvalue weighted by atomic mass is 79.9. The number of carbonyl (C=O) groups excluding carboxylic acids is 1. The van der Waals surface area contributed by atoms with Gasteiger partial charge in [0.2, 0.25) is 0 Å². The minimum Gasteiger partial charge on any atom is -0.506 e. The fourth-order valence-electron chi connectivity index (χ4n) is 1.93. The van der Waals surface area contributed by atoms with Crippen molar-refractivity contribution in [2.45, 2.75) is 6.92 Å². The molecule has 136 valence electrons. The average Bonchev–Trinajstić information content (AvgIpc) is 2.57. The number of aryl methyl sites for hydroxylation is 1. The minimum absolute atomic E-state index is 0.00621. The van der Waals surface area contributed by atoms with Crippen LogP contribution in [0.5, 0.6) is 11.5 Å². The van der Waals surface area contributed by atoms with Gasteiger partial charge in [-0.05, 0) is 46.6 Å². The van der Waals surface area contributed by atoms with E-state index in [1.807, 2.05) is 0 Å². The summed E-state index contributed by atoms with van der Waals surface area (Å²) in [5.74, 6) is -0.643. The number of nitrogens with zero attached hydrogens (tertiary/aromatic N) is 2. The van der Waals surface area contributed by atoms with Crippen LogP contribution in [0, 0.1) is 17.0 Å². The van der Waals surface area contributed by atoms with Crippen LogP contribution < -0.4 is 10.2 Å². The van der Waals surface area contributed by atoms with Gasteiger partial charge < -0.3 is 9.84 Å². The highest BCUT2D eigenvalue weighted by molar-refractivity contribution is 9.11. The van der Waals surface area contributed by atoms with Crippen molar-refractivity contribution in [3.05, 3.63) is 60.5 Å². The summed E-state index contributed by atoms with van der Waals surface area (Å²) in [6.07, 6.45) is 1.26. The van der Waals surface area contributed by atoms with E-state index in [0.717, 1.165) is 0 Å². The molecule has 0 aromatic heterocycles. The molecule has 2 aromatic carbocycles. The zero-order valence-corrected chi connectivity index (χ0v) is 16.6. The van der Waals surface area contributed by atoms with E-state index in [4.69, 9.17) is 4.74 Å². The summed E-state index contributed by atoms with van der Waals surface area (Å²) in [6, 6.07) is 7.71. The number of nitrogens with one attached hydrogen (secondary N) is 1. The Morgan fingerprint density at radius 2 is 2.12 bits per heavy atom. The third-order valence-corrected chi connectivity index (χ3v) is 4.18. The van der Waals surface area contributed by atoms with Crippen LogP contribution in [-0.4, -0.2) is 28.8 Å². The lowest BCUT2D eigenvalue weighted by molar-refractivity contribution is -0.385. The van der Waals surface area contributed by atoms with Gasteiger partial charge in [0, 0.05) is 16.1 Å². The first-order valence-electron chi connectivity index (χ1n) is 7.15. The van der Waals surface area contributed by atoms with Crippen LogP contribution >= 0.6 is 31.9 Å². The van der Waals surface area contributed by atoms with Crippen molar-refractivity contribution in [1.29, 1.82) is 0 Å². The fraction of sp³-hybridized carbons (Fsp3) is 0.125. The molecule has 0 atom stereocenters. The summed E-state index contributed by atoms with van der Waals surface area (Å²) in [5.41, 5.74) is 3.09. The van der Waals surface area contributed by atoms with Crippen LogP contribution in [0.3, 0.4) is 0 Å².